The van der Waals surface area contributed by atoms with Crippen molar-refractivity contribution < 1.29 is 4.79 Å². The Morgan fingerprint density at radius 1 is 1.32 bits per heavy atom. The summed E-state index contributed by atoms with van der Waals surface area (Å²) in [5.41, 5.74) is 2.96. The molecule has 1 N–H and O–H groups in total. The average Bonchev–Trinajstić information content (AvgIpc) is 2.91. The number of hydrogen-bond donors (Lipinski definition) is 1. The minimum Gasteiger partial charge on any atom is -0.334 e. The number of anilines is 1. The molecule has 0 bridgehead atoms. The Hall–Kier alpha value is -2.08. The molecule has 6 heteroatoms. The number of hydrogen-bond acceptors (Lipinski definition) is 2. The Balaban J connectivity index is 1.88. The van der Waals surface area contributed by atoms with E-state index in [1.165, 1.54) is 0 Å². The maximum atomic E-state index is 12.4. The second-order valence-electron chi connectivity index (χ2n) is 5.35. The van der Waals surface area contributed by atoms with Gasteiger partial charge in [-0.1, -0.05) is 18.2 Å². The number of nitrogens with zero attached hydrogens (tertiary/aromatic N) is 3. The number of carbonyl (C=O) groups excluding carboxylic acids is 1. The fourth-order valence-corrected chi connectivity index (χ4v) is 3.20. The highest BCUT2D eigenvalue weighted by Crippen LogP contribution is 2.30. The van der Waals surface area contributed by atoms with Gasteiger partial charge in [-0.05, 0) is 35.8 Å². The third-order valence-electron chi connectivity index (χ3n) is 3.73. The number of aromatic nitrogens is 3. The molecule has 5 nitrogen and oxygen atoms in total. The van der Waals surface area contributed by atoms with Crippen LogP contribution in [0.1, 0.15) is 11.4 Å². The van der Waals surface area contributed by atoms with Gasteiger partial charge in [0, 0.05) is 34.2 Å². The van der Waals surface area contributed by atoms with Gasteiger partial charge in [0.25, 0.3) is 0 Å². The zero-order chi connectivity index (χ0) is 15.9. The number of aryl methyl sites for hydroxylation is 2. The molecule has 2 heterocycles. The minimum absolute atomic E-state index is 0.0700. The quantitative estimate of drug-likeness (QED) is 0.778. The van der Waals surface area contributed by atoms with Crippen LogP contribution in [0.5, 0.6) is 0 Å². The predicted octanol–water partition coefficient (Wildman–Crippen LogP) is 3.39. The molecule has 0 saturated heterocycles. The van der Waals surface area contributed by atoms with Gasteiger partial charge in [-0.2, -0.15) is 5.10 Å². The van der Waals surface area contributed by atoms with Crippen LogP contribution >= 0.6 is 15.9 Å². The molecular formula is C16H17BrN4O. The molecule has 0 aliphatic rings. The van der Waals surface area contributed by atoms with Gasteiger partial charge < -0.3 is 9.88 Å². The van der Waals surface area contributed by atoms with Crippen molar-refractivity contribution in [3.8, 4) is 0 Å². The van der Waals surface area contributed by atoms with Crippen molar-refractivity contribution in [3.63, 3.8) is 0 Å². The highest BCUT2D eigenvalue weighted by Gasteiger charge is 2.15. The molecular weight excluding hydrogens is 344 g/mol. The monoisotopic (exact) mass is 360 g/mol. The lowest BCUT2D eigenvalue weighted by atomic mass is 10.2. The van der Waals surface area contributed by atoms with Crippen molar-refractivity contribution in [3.05, 3.63) is 46.2 Å². The van der Waals surface area contributed by atoms with E-state index in [1.807, 2.05) is 55.8 Å². The number of amides is 1. The van der Waals surface area contributed by atoms with Gasteiger partial charge in [-0.25, -0.2) is 0 Å². The lowest BCUT2D eigenvalue weighted by Crippen LogP contribution is -2.20. The smallest absolute Gasteiger partial charge is 0.245 e. The molecule has 0 unspecified atom stereocenters. The van der Waals surface area contributed by atoms with Crippen molar-refractivity contribution in [2.75, 3.05) is 5.32 Å². The number of para-hydroxylation sites is 1. The summed E-state index contributed by atoms with van der Waals surface area (Å²) < 4.78 is 4.72. The van der Waals surface area contributed by atoms with E-state index < -0.39 is 0 Å². The van der Waals surface area contributed by atoms with E-state index >= 15 is 0 Å². The van der Waals surface area contributed by atoms with E-state index in [2.05, 4.69) is 26.3 Å². The maximum absolute atomic E-state index is 12.4. The second kappa shape index (κ2) is 5.61. The van der Waals surface area contributed by atoms with Crippen molar-refractivity contribution in [1.29, 1.82) is 0 Å². The Bertz CT molecular complexity index is 863. The maximum Gasteiger partial charge on any atom is 0.245 e. The summed E-state index contributed by atoms with van der Waals surface area (Å²) in [4.78, 5) is 12.4. The van der Waals surface area contributed by atoms with Crippen LogP contribution in [-0.4, -0.2) is 20.3 Å². The van der Waals surface area contributed by atoms with E-state index in [0.717, 1.165) is 26.8 Å². The minimum atomic E-state index is -0.0700. The molecule has 22 heavy (non-hydrogen) atoms. The van der Waals surface area contributed by atoms with Gasteiger partial charge in [-0.15, -0.1) is 0 Å². The van der Waals surface area contributed by atoms with E-state index in [4.69, 9.17) is 0 Å². The Morgan fingerprint density at radius 3 is 2.73 bits per heavy atom. The van der Waals surface area contributed by atoms with Crippen LogP contribution in [-0.2, 0) is 18.4 Å². The second-order valence-corrected chi connectivity index (χ2v) is 6.14. The molecule has 0 saturated carbocycles. The van der Waals surface area contributed by atoms with E-state index in [9.17, 15) is 4.79 Å². The number of carbonyl (C=O) groups is 1. The topological polar surface area (TPSA) is 51.9 Å². The summed E-state index contributed by atoms with van der Waals surface area (Å²) in [6.07, 6.45) is 0. The summed E-state index contributed by atoms with van der Waals surface area (Å²) in [5, 5.41) is 8.25. The van der Waals surface area contributed by atoms with Crippen molar-refractivity contribution in [1.82, 2.24) is 14.3 Å². The van der Waals surface area contributed by atoms with Crippen molar-refractivity contribution in [2.24, 2.45) is 7.05 Å². The Kier molecular flexibility index (Phi) is 3.78. The van der Waals surface area contributed by atoms with E-state index in [-0.39, 0.29) is 12.5 Å². The molecule has 0 aliphatic carbocycles. The molecule has 0 aliphatic heterocycles. The number of rotatable bonds is 3. The number of nitrogens with one attached hydrogen (secondary N) is 1. The van der Waals surface area contributed by atoms with Crippen LogP contribution in [0.3, 0.4) is 0 Å². The summed E-state index contributed by atoms with van der Waals surface area (Å²) in [6, 6.07) is 9.90. The molecule has 0 spiro atoms. The molecule has 1 aromatic carbocycles. The highest BCUT2D eigenvalue weighted by molar-refractivity contribution is 9.10. The molecule has 0 atom stereocenters. The third kappa shape index (κ3) is 2.54. The van der Waals surface area contributed by atoms with Crippen molar-refractivity contribution in [2.45, 2.75) is 20.4 Å². The number of fused-ring (bicyclic) bond motifs is 1. The molecule has 3 aromatic rings. The van der Waals surface area contributed by atoms with Gasteiger partial charge in [0.1, 0.15) is 12.4 Å². The molecule has 114 valence electrons. The van der Waals surface area contributed by atoms with Crippen LogP contribution in [0.25, 0.3) is 10.9 Å². The molecule has 0 radical (unpaired) electrons. The summed E-state index contributed by atoms with van der Waals surface area (Å²) in [7, 11) is 1.81. The Morgan fingerprint density at radius 2 is 2.05 bits per heavy atom. The third-order valence-corrected chi connectivity index (χ3v) is 4.73. The van der Waals surface area contributed by atoms with Gasteiger partial charge in [0.05, 0.1) is 5.69 Å². The fourth-order valence-electron chi connectivity index (χ4n) is 2.65. The largest absolute Gasteiger partial charge is 0.334 e. The van der Waals surface area contributed by atoms with Crippen LogP contribution in [0.4, 0.5) is 5.82 Å². The van der Waals surface area contributed by atoms with E-state index in [0.29, 0.717) is 5.82 Å². The molecule has 2 aromatic heterocycles. The summed E-state index contributed by atoms with van der Waals surface area (Å²) in [5.74, 6) is 0.634. The highest BCUT2D eigenvalue weighted by atomic mass is 79.9. The van der Waals surface area contributed by atoms with Gasteiger partial charge in [0.15, 0.2) is 0 Å². The van der Waals surface area contributed by atoms with Gasteiger partial charge >= 0.3 is 0 Å². The summed E-state index contributed by atoms with van der Waals surface area (Å²) in [6.45, 7) is 4.17. The van der Waals surface area contributed by atoms with Gasteiger partial charge in [0.2, 0.25) is 5.91 Å². The van der Waals surface area contributed by atoms with Gasteiger partial charge in [-0.3, -0.25) is 9.48 Å². The lowest BCUT2D eigenvalue weighted by molar-refractivity contribution is -0.116. The SMILES string of the molecule is Cc1cc(NC(=O)Cn2c(C)c(Br)c3ccccc32)n(C)n1. The first-order valence-corrected chi connectivity index (χ1v) is 7.80. The molecule has 3 rings (SSSR count). The first-order chi connectivity index (χ1) is 10.5. The number of benzene rings is 1. The van der Waals surface area contributed by atoms with Crippen LogP contribution < -0.4 is 5.32 Å². The normalized spacial score (nSPS) is 11.1. The molecule has 0 fully saturated rings. The Labute approximate surface area is 137 Å². The van der Waals surface area contributed by atoms with Crippen molar-refractivity contribution >= 4 is 38.6 Å². The molecule has 1 amide bonds. The first-order valence-electron chi connectivity index (χ1n) is 7.01. The average molecular weight is 361 g/mol. The van der Waals surface area contributed by atoms with Crippen LogP contribution in [0.15, 0.2) is 34.8 Å². The lowest BCUT2D eigenvalue weighted by Gasteiger charge is -2.09. The predicted molar refractivity (Wildman–Crippen MR) is 90.9 cm³/mol. The summed E-state index contributed by atoms with van der Waals surface area (Å²) >= 11 is 3.61. The zero-order valence-corrected chi connectivity index (χ0v) is 14.3. The standard InChI is InChI=1S/C16H17BrN4O/c1-10-8-14(20(3)19-10)18-15(22)9-21-11(2)16(17)12-6-4-5-7-13(12)21/h4-8H,9H2,1-3H3,(H,18,22). The number of halogens is 1. The fraction of sp³-hybridized carbons (Fsp3) is 0.250. The first kappa shape index (κ1) is 14.8. The zero-order valence-electron chi connectivity index (χ0n) is 12.7. The van der Waals surface area contributed by atoms with Crippen LogP contribution in [0.2, 0.25) is 0 Å². The van der Waals surface area contributed by atoms with E-state index in [1.54, 1.807) is 4.68 Å². The van der Waals surface area contributed by atoms with Crippen LogP contribution in [0, 0.1) is 13.8 Å².